The first-order chi connectivity index (χ1) is 11.1. The highest BCUT2D eigenvalue weighted by Crippen LogP contribution is 2.48. The summed E-state index contributed by atoms with van der Waals surface area (Å²) in [7, 11) is 0. The maximum atomic E-state index is 12.9. The number of nitrogens with two attached hydrogens (primary N) is 1. The van der Waals surface area contributed by atoms with E-state index in [1.54, 1.807) is 12.5 Å². The van der Waals surface area contributed by atoms with Crippen molar-refractivity contribution in [2.45, 2.75) is 70.2 Å². The SMILES string of the molecule is C[C@@]12C[C@H](CN)N(C(=O)CCn3ccnc3)[C@@H]1CCCC[C@H]2O. The third-order valence-electron chi connectivity index (χ3n) is 5.84. The number of hydrogen-bond acceptors (Lipinski definition) is 4. The van der Waals surface area contributed by atoms with Crippen molar-refractivity contribution in [2.24, 2.45) is 11.1 Å². The number of likely N-dealkylation sites (tertiary alicyclic amines) is 1. The van der Waals surface area contributed by atoms with Crippen LogP contribution in [-0.2, 0) is 11.3 Å². The summed E-state index contributed by atoms with van der Waals surface area (Å²) in [6.45, 7) is 3.24. The molecule has 2 heterocycles. The predicted molar refractivity (Wildman–Crippen MR) is 87.5 cm³/mol. The first-order valence-electron chi connectivity index (χ1n) is 8.71. The van der Waals surface area contributed by atoms with Crippen molar-refractivity contribution >= 4 is 5.91 Å². The van der Waals surface area contributed by atoms with Gasteiger partial charge in [-0.25, -0.2) is 4.98 Å². The number of aryl methyl sites for hydroxylation is 1. The molecule has 2 aliphatic rings. The van der Waals surface area contributed by atoms with Crippen molar-refractivity contribution in [2.75, 3.05) is 6.54 Å². The molecular weight excluding hydrogens is 292 g/mol. The fourth-order valence-corrected chi connectivity index (χ4v) is 4.49. The van der Waals surface area contributed by atoms with Crippen LogP contribution in [0.2, 0.25) is 0 Å². The summed E-state index contributed by atoms with van der Waals surface area (Å²) < 4.78 is 1.92. The Morgan fingerprint density at radius 2 is 2.22 bits per heavy atom. The number of aromatic nitrogens is 2. The van der Waals surface area contributed by atoms with Crippen LogP contribution < -0.4 is 5.73 Å². The molecule has 3 rings (SSSR count). The second-order valence-corrected chi connectivity index (χ2v) is 7.27. The van der Waals surface area contributed by atoms with Crippen LogP contribution in [0.5, 0.6) is 0 Å². The third kappa shape index (κ3) is 3.02. The van der Waals surface area contributed by atoms with Crippen LogP contribution in [0.25, 0.3) is 0 Å². The van der Waals surface area contributed by atoms with Gasteiger partial charge in [-0.2, -0.15) is 0 Å². The van der Waals surface area contributed by atoms with Gasteiger partial charge in [0, 0.05) is 49.4 Å². The fraction of sp³-hybridized carbons (Fsp3) is 0.765. The van der Waals surface area contributed by atoms with Gasteiger partial charge in [-0.1, -0.05) is 19.8 Å². The van der Waals surface area contributed by atoms with Crippen LogP contribution in [0.1, 0.15) is 45.4 Å². The molecule has 1 amide bonds. The number of hydrogen-bond donors (Lipinski definition) is 2. The number of amides is 1. The van der Waals surface area contributed by atoms with E-state index < -0.39 is 0 Å². The highest BCUT2D eigenvalue weighted by molar-refractivity contribution is 5.77. The molecule has 0 unspecified atom stereocenters. The molecule has 1 saturated carbocycles. The minimum absolute atomic E-state index is 0.0491. The zero-order valence-corrected chi connectivity index (χ0v) is 13.9. The molecule has 0 aromatic carbocycles. The topological polar surface area (TPSA) is 84.4 Å². The average Bonchev–Trinajstić information content (AvgIpc) is 3.12. The minimum Gasteiger partial charge on any atom is -0.392 e. The number of rotatable bonds is 4. The lowest BCUT2D eigenvalue weighted by molar-refractivity contribution is -0.135. The number of fused-ring (bicyclic) bond motifs is 1. The van der Waals surface area contributed by atoms with Crippen molar-refractivity contribution in [1.29, 1.82) is 0 Å². The van der Waals surface area contributed by atoms with Crippen LogP contribution in [0.3, 0.4) is 0 Å². The van der Waals surface area contributed by atoms with Crippen LogP contribution in [-0.4, -0.2) is 50.2 Å². The monoisotopic (exact) mass is 320 g/mol. The first-order valence-corrected chi connectivity index (χ1v) is 8.71. The molecule has 2 fully saturated rings. The molecule has 6 nitrogen and oxygen atoms in total. The van der Waals surface area contributed by atoms with Crippen molar-refractivity contribution < 1.29 is 9.90 Å². The van der Waals surface area contributed by atoms with E-state index in [1.165, 1.54) is 0 Å². The smallest absolute Gasteiger partial charge is 0.224 e. The largest absolute Gasteiger partial charge is 0.392 e. The van der Waals surface area contributed by atoms with Gasteiger partial charge in [-0.15, -0.1) is 0 Å². The Morgan fingerprint density at radius 3 is 2.91 bits per heavy atom. The van der Waals surface area contributed by atoms with Gasteiger partial charge in [0.1, 0.15) is 0 Å². The quantitative estimate of drug-likeness (QED) is 0.871. The van der Waals surface area contributed by atoms with E-state index >= 15 is 0 Å². The Kier molecular flexibility index (Phi) is 4.73. The van der Waals surface area contributed by atoms with Gasteiger partial charge in [0.25, 0.3) is 0 Å². The second kappa shape index (κ2) is 6.61. The van der Waals surface area contributed by atoms with E-state index in [4.69, 9.17) is 5.73 Å². The lowest BCUT2D eigenvalue weighted by Crippen LogP contribution is -2.48. The summed E-state index contributed by atoms with van der Waals surface area (Å²) in [5.41, 5.74) is 5.74. The third-order valence-corrected chi connectivity index (χ3v) is 5.84. The fourth-order valence-electron chi connectivity index (χ4n) is 4.49. The van der Waals surface area contributed by atoms with Gasteiger partial charge in [0.05, 0.1) is 12.4 Å². The maximum absolute atomic E-state index is 12.9. The molecule has 1 saturated heterocycles. The number of imidazole rings is 1. The average molecular weight is 320 g/mol. The summed E-state index contributed by atoms with van der Waals surface area (Å²) in [5, 5.41) is 10.6. The van der Waals surface area contributed by atoms with Crippen molar-refractivity contribution in [3.63, 3.8) is 0 Å². The van der Waals surface area contributed by atoms with Crippen LogP contribution in [0, 0.1) is 5.41 Å². The molecule has 3 N–H and O–H groups in total. The molecule has 0 spiro atoms. The highest BCUT2D eigenvalue weighted by atomic mass is 16.3. The molecule has 1 aromatic rings. The Morgan fingerprint density at radius 1 is 1.43 bits per heavy atom. The lowest BCUT2D eigenvalue weighted by Gasteiger charge is -2.37. The summed E-state index contributed by atoms with van der Waals surface area (Å²) in [6, 6.07) is 0.164. The number of carbonyl (C=O) groups excluding carboxylic acids is 1. The standard InChI is InChI=1S/C17H28N4O2/c1-17-10-13(11-18)21(14(17)4-2-3-5-15(17)22)16(23)6-8-20-9-7-19-12-20/h7,9,12-15,22H,2-6,8,10-11,18H2,1H3/t13-,14-,15-,17-/m1/s1. The molecule has 1 aliphatic carbocycles. The van der Waals surface area contributed by atoms with Crippen LogP contribution in [0.4, 0.5) is 0 Å². The van der Waals surface area contributed by atoms with Gasteiger partial charge in [-0.3, -0.25) is 4.79 Å². The molecule has 0 bridgehead atoms. The molecule has 128 valence electrons. The van der Waals surface area contributed by atoms with E-state index in [0.717, 1.165) is 32.1 Å². The first kappa shape index (κ1) is 16.5. The van der Waals surface area contributed by atoms with E-state index in [1.807, 2.05) is 15.7 Å². The van der Waals surface area contributed by atoms with Crippen LogP contribution in [0.15, 0.2) is 18.7 Å². The van der Waals surface area contributed by atoms with E-state index in [2.05, 4.69) is 11.9 Å². The van der Waals surface area contributed by atoms with Crippen molar-refractivity contribution in [3.8, 4) is 0 Å². The second-order valence-electron chi connectivity index (χ2n) is 7.27. The highest BCUT2D eigenvalue weighted by Gasteiger charge is 2.54. The Labute approximate surface area is 137 Å². The molecule has 23 heavy (non-hydrogen) atoms. The summed E-state index contributed by atoms with van der Waals surface area (Å²) >= 11 is 0. The molecule has 6 heteroatoms. The zero-order valence-electron chi connectivity index (χ0n) is 13.9. The molecule has 1 aromatic heterocycles. The Balaban J connectivity index is 1.76. The number of nitrogens with zero attached hydrogens (tertiary/aromatic N) is 3. The molecular formula is C17H28N4O2. The van der Waals surface area contributed by atoms with E-state index in [9.17, 15) is 9.90 Å². The van der Waals surface area contributed by atoms with Crippen molar-refractivity contribution in [3.05, 3.63) is 18.7 Å². The normalized spacial score (nSPS) is 34.2. The predicted octanol–water partition coefficient (Wildman–Crippen LogP) is 1.14. The van der Waals surface area contributed by atoms with Gasteiger partial charge < -0.3 is 20.3 Å². The summed E-state index contributed by atoms with van der Waals surface area (Å²) in [5.74, 6) is 0.150. The maximum Gasteiger partial charge on any atom is 0.224 e. The van der Waals surface area contributed by atoms with Crippen LogP contribution >= 0.6 is 0 Å². The Hall–Kier alpha value is -1.40. The molecule has 1 aliphatic heterocycles. The Bertz CT molecular complexity index is 533. The minimum atomic E-state index is -0.338. The van der Waals surface area contributed by atoms with E-state index in [0.29, 0.717) is 19.5 Å². The summed E-state index contributed by atoms with van der Waals surface area (Å²) in [4.78, 5) is 18.9. The lowest BCUT2D eigenvalue weighted by atomic mass is 9.75. The van der Waals surface area contributed by atoms with Gasteiger partial charge >= 0.3 is 0 Å². The number of aliphatic hydroxyl groups excluding tert-OH is 1. The number of aliphatic hydroxyl groups is 1. The molecule has 0 radical (unpaired) electrons. The van der Waals surface area contributed by atoms with Gasteiger partial charge in [0.15, 0.2) is 0 Å². The van der Waals surface area contributed by atoms with E-state index in [-0.39, 0.29) is 29.5 Å². The summed E-state index contributed by atoms with van der Waals surface area (Å²) in [6.07, 6.45) is 10.2. The molecule has 4 atom stereocenters. The number of carbonyl (C=O) groups is 1. The van der Waals surface area contributed by atoms with Gasteiger partial charge in [0.2, 0.25) is 5.91 Å². The van der Waals surface area contributed by atoms with Crippen molar-refractivity contribution in [1.82, 2.24) is 14.5 Å². The zero-order chi connectivity index (χ0) is 16.4. The van der Waals surface area contributed by atoms with Gasteiger partial charge in [-0.05, 0) is 19.3 Å².